The molecular formula is C30H43N3O6S. The van der Waals surface area contributed by atoms with Gasteiger partial charge in [0.25, 0.3) is 15.9 Å². The fourth-order valence-corrected chi connectivity index (χ4v) is 6.75. The van der Waals surface area contributed by atoms with Crippen LogP contribution in [0.25, 0.3) is 0 Å². The molecule has 2 N–H and O–H groups in total. The second-order valence-corrected chi connectivity index (χ2v) is 13.0. The number of amides is 1. The van der Waals surface area contributed by atoms with Crippen molar-refractivity contribution in [3.8, 4) is 11.5 Å². The molecule has 2 aliphatic rings. The van der Waals surface area contributed by atoms with E-state index < -0.39 is 16.1 Å². The van der Waals surface area contributed by atoms with E-state index in [1.165, 1.54) is 51.3 Å². The van der Waals surface area contributed by atoms with Crippen molar-refractivity contribution in [1.29, 1.82) is 0 Å². The lowest BCUT2D eigenvalue weighted by Gasteiger charge is -2.39. The van der Waals surface area contributed by atoms with Crippen molar-refractivity contribution < 1.29 is 27.8 Å². The molecule has 1 aliphatic carbocycles. The fraction of sp³-hybridized carbons (Fsp3) is 0.567. The van der Waals surface area contributed by atoms with Gasteiger partial charge in [-0.25, -0.2) is 8.42 Å². The summed E-state index contributed by atoms with van der Waals surface area (Å²) in [4.78, 5) is 17.7. The van der Waals surface area contributed by atoms with Gasteiger partial charge in [-0.05, 0) is 69.1 Å². The van der Waals surface area contributed by atoms with Crippen LogP contribution in [0.1, 0.15) is 56.3 Å². The number of likely N-dealkylation sites (N-methyl/N-ethyl adjacent to an activating group) is 1. The van der Waals surface area contributed by atoms with Crippen LogP contribution in [0.15, 0.2) is 47.4 Å². The third-order valence-corrected chi connectivity index (χ3v) is 9.47. The standard InChI is InChI=1S/C30H43N3O6S/c1-21-17-33(22(2)20-34)30(35)26-11-8-12-27(31-40(36,37)25-15-13-24(38-4)14-16-25)29(26)39-28(21)19-32(3)18-23-9-6-5-7-10-23/h8,11-16,21-23,28,31,34H,5-7,9-10,17-20H2,1-4H3/t21-,22-,28-/m0/s1. The van der Waals surface area contributed by atoms with Gasteiger partial charge in [0.15, 0.2) is 5.75 Å². The smallest absolute Gasteiger partial charge is 0.262 e. The van der Waals surface area contributed by atoms with Crippen molar-refractivity contribution in [3.63, 3.8) is 0 Å². The zero-order chi connectivity index (χ0) is 28.9. The third-order valence-electron chi connectivity index (χ3n) is 8.09. The molecule has 2 aromatic carbocycles. The van der Waals surface area contributed by atoms with Gasteiger partial charge in [-0.3, -0.25) is 9.52 Å². The van der Waals surface area contributed by atoms with Crippen molar-refractivity contribution in [3.05, 3.63) is 48.0 Å². The van der Waals surface area contributed by atoms with Gasteiger partial charge < -0.3 is 24.4 Å². The molecule has 1 fully saturated rings. The minimum atomic E-state index is -3.98. The molecule has 0 saturated heterocycles. The Kier molecular flexibility index (Phi) is 9.97. The molecule has 0 bridgehead atoms. The number of sulfonamides is 1. The molecule has 0 aromatic heterocycles. The summed E-state index contributed by atoms with van der Waals surface area (Å²) in [5, 5.41) is 9.93. The van der Waals surface area contributed by atoms with E-state index in [9.17, 15) is 18.3 Å². The predicted octanol–water partition coefficient (Wildman–Crippen LogP) is 4.23. The average molecular weight is 574 g/mol. The molecule has 0 spiro atoms. The van der Waals surface area contributed by atoms with Crippen molar-refractivity contribution in [2.75, 3.05) is 45.1 Å². The summed E-state index contributed by atoms with van der Waals surface area (Å²) < 4.78 is 41.1. The first-order chi connectivity index (χ1) is 19.1. The van der Waals surface area contributed by atoms with Crippen LogP contribution < -0.4 is 14.2 Å². The quantitative estimate of drug-likeness (QED) is 0.438. The largest absolute Gasteiger partial charge is 0.497 e. The third kappa shape index (κ3) is 7.08. The maximum atomic E-state index is 13.7. The number of ether oxygens (including phenoxy) is 2. The highest BCUT2D eigenvalue weighted by Crippen LogP contribution is 2.36. The van der Waals surface area contributed by atoms with Crippen molar-refractivity contribution in [2.45, 2.75) is 63.0 Å². The van der Waals surface area contributed by atoms with E-state index in [0.717, 1.165) is 6.54 Å². The first-order valence-corrected chi connectivity index (χ1v) is 15.7. The number of rotatable bonds is 10. The Morgan fingerprint density at radius 3 is 2.48 bits per heavy atom. The van der Waals surface area contributed by atoms with E-state index in [4.69, 9.17) is 9.47 Å². The summed E-state index contributed by atoms with van der Waals surface area (Å²) in [5.74, 6) is 1.05. The van der Waals surface area contributed by atoms with Crippen molar-refractivity contribution >= 4 is 21.6 Å². The molecule has 4 rings (SSSR count). The number of carbonyl (C=O) groups is 1. The number of fused-ring (bicyclic) bond motifs is 1. The van der Waals surface area contributed by atoms with Gasteiger partial charge in [-0.15, -0.1) is 0 Å². The second-order valence-electron chi connectivity index (χ2n) is 11.3. The van der Waals surface area contributed by atoms with Gasteiger partial charge >= 0.3 is 0 Å². The van der Waals surface area contributed by atoms with E-state index in [-0.39, 0.29) is 46.4 Å². The summed E-state index contributed by atoms with van der Waals surface area (Å²) in [6.07, 6.45) is 6.03. The first kappa shape index (κ1) is 30.1. The van der Waals surface area contributed by atoms with Gasteiger partial charge in [0.1, 0.15) is 11.9 Å². The maximum Gasteiger partial charge on any atom is 0.262 e. The molecule has 1 amide bonds. The summed E-state index contributed by atoms with van der Waals surface area (Å²) in [6, 6.07) is 10.6. The Labute approximate surface area is 238 Å². The number of aliphatic hydroxyl groups excluding tert-OH is 1. The lowest BCUT2D eigenvalue weighted by molar-refractivity contribution is 0.0333. The van der Waals surface area contributed by atoms with E-state index in [2.05, 4.69) is 16.7 Å². The van der Waals surface area contributed by atoms with E-state index in [0.29, 0.717) is 24.8 Å². The SMILES string of the molecule is COc1ccc(S(=O)(=O)Nc2cccc3c2O[C@@H](CN(C)CC2CCCCC2)[C@@H](C)CN([C@@H](C)CO)C3=O)cc1. The lowest BCUT2D eigenvalue weighted by Crippen LogP contribution is -2.50. The van der Waals surface area contributed by atoms with E-state index >= 15 is 0 Å². The van der Waals surface area contributed by atoms with Gasteiger partial charge in [-0.1, -0.05) is 32.3 Å². The lowest BCUT2D eigenvalue weighted by atomic mass is 9.89. The number of nitrogens with one attached hydrogen (secondary N) is 1. The molecule has 1 saturated carbocycles. The van der Waals surface area contributed by atoms with Gasteiger partial charge in [0, 0.05) is 25.6 Å². The van der Waals surface area contributed by atoms with Crippen LogP contribution in [0.2, 0.25) is 0 Å². The van der Waals surface area contributed by atoms with E-state index in [1.54, 1.807) is 35.2 Å². The molecule has 10 heteroatoms. The van der Waals surface area contributed by atoms with E-state index in [1.807, 2.05) is 13.8 Å². The monoisotopic (exact) mass is 573 g/mol. The van der Waals surface area contributed by atoms with Crippen LogP contribution in [-0.4, -0.2) is 81.8 Å². The van der Waals surface area contributed by atoms with Crippen LogP contribution in [0, 0.1) is 11.8 Å². The van der Waals surface area contributed by atoms with Gasteiger partial charge in [0.2, 0.25) is 0 Å². The first-order valence-electron chi connectivity index (χ1n) is 14.2. The Morgan fingerprint density at radius 1 is 1.12 bits per heavy atom. The molecule has 9 nitrogen and oxygen atoms in total. The number of benzene rings is 2. The Bertz CT molecular complexity index is 1250. The van der Waals surface area contributed by atoms with Crippen LogP contribution in [-0.2, 0) is 10.0 Å². The molecule has 3 atom stereocenters. The molecule has 0 radical (unpaired) electrons. The Hall–Kier alpha value is -2.82. The predicted molar refractivity (Wildman–Crippen MR) is 155 cm³/mol. The maximum absolute atomic E-state index is 13.7. The zero-order valence-electron chi connectivity index (χ0n) is 24.0. The average Bonchev–Trinajstić information content (AvgIpc) is 2.95. The summed E-state index contributed by atoms with van der Waals surface area (Å²) in [7, 11) is -0.363. The molecule has 220 valence electrons. The summed E-state index contributed by atoms with van der Waals surface area (Å²) >= 11 is 0. The van der Waals surface area contributed by atoms with Crippen molar-refractivity contribution in [2.24, 2.45) is 11.8 Å². The number of para-hydroxylation sites is 1. The van der Waals surface area contributed by atoms with Gasteiger partial charge in [0.05, 0.1) is 35.9 Å². The molecular weight excluding hydrogens is 530 g/mol. The number of hydrogen-bond acceptors (Lipinski definition) is 7. The Balaban J connectivity index is 1.67. The fourth-order valence-electron chi connectivity index (χ4n) is 5.69. The number of nitrogens with zero attached hydrogens (tertiary/aromatic N) is 2. The second kappa shape index (κ2) is 13.2. The number of aliphatic hydroxyl groups is 1. The van der Waals surface area contributed by atoms with Crippen molar-refractivity contribution in [1.82, 2.24) is 9.80 Å². The topological polar surface area (TPSA) is 108 Å². The highest BCUT2D eigenvalue weighted by Gasteiger charge is 2.35. The molecule has 1 aliphatic heterocycles. The minimum Gasteiger partial charge on any atom is -0.497 e. The molecule has 1 heterocycles. The normalized spacial score (nSPS) is 21.2. The molecule has 40 heavy (non-hydrogen) atoms. The van der Waals surface area contributed by atoms with Crippen LogP contribution >= 0.6 is 0 Å². The molecule has 2 aromatic rings. The van der Waals surface area contributed by atoms with Crippen LogP contribution in [0.5, 0.6) is 11.5 Å². The summed E-state index contributed by atoms with van der Waals surface area (Å²) in [6.45, 7) is 5.70. The Morgan fingerprint density at radius 2 is 1.82 bits per heavy atom. The summed E-state index contributed by atoms with van der Waals surface area (Å²) in [5.41, 5.74) is 0.467. The molecule has 0 unspecified atom stereocenters. The zero-order valence-corrected chi connectivity index (χ0v) is 24.8. The number of carbonyl (C=O) groups excluding carboxylic acids is 1. The number of methoxy groups -OCH3 is 1. The van der Waals surface area contributed by atoms with Gasteiger partial charge in [-0.2, -0.15) is 0 Å². The number of anilines is 1. The van der Waals surface area contributed by atoms with Crippen LogP contribution in [0.4, 0.5) is 5.69 Å². The van der Waals surface area contributed by atoms with Crippen LogP contribution in [0.3, 0.4) is 0 Å². The highest BCUT2D eigenvalue weighted by atomic mass is 32.2. The minimum absolute atomic E-state index is 0.0637. The number of hydrogen-bond donors (Lipinski definition) is 2. The highest BCUT2D eigenvalue weighted by molar-refractivity contribution is 7.92.